The minimum Gasteiger partial charge on any atom is -0.341 e. The minimum absolute atomic E-state index is 0.00589. The Morgan fingerprint density at radius 1 is 1.31 bits per heavy atom. The van der Waals surface area contributed by atoms with Crippen LogP contribution in [0.15, 0.2) is 36.5 Å². The largest absolute Gasteiger partial charge is 0.341 e. The van der Waals surface area contributed by atoms with Gasteiger partial charge in [-0.3, -0.25) is 9.69 Å². The van der Waals surface area contributed by atoms with Crippen molar-refractivity contribution in [1.29, 1.82) is 0 Å². The second-order valence-electron chi connectivity index (χ2n) is 9.11. The zero-order chi connectivity index (χ0) is 23.2. The SMILES string of the molecule is CC(=O)/C=C/c1cc(F)c([C@@H]2c3[nH]c4ncccc4c3CC(C)N2CC(C)(C)F)c(F)c1. The van der Waals surface area contributed by atoms with Crippen molar-refractivity contribution in [3.8, 4) is 0 Å². The van der Waals surface area contributed by atoms with Gasteiger partial charge in [0.1, 0.15) is 23.0 Å². The number of hydrogen-bond acceptors (Lipinski definition) is 3. The number of aromatic nitrogens is 2. The summed E-state index contributed by atoms with van der Waals surface area (Å²) < 4.78 is 45.6. The Hall–Kier alpha value is -2.93. The monoisotopic (exact) mass is 441 g/mol. The van der Waals surface area contributed by atoms with Crippen LogP contribution in [0.25, 0.3) is 17.1 Å². The smallest absolute Gasteiger partial charge is 0.152 e. The van der Waals surface area contributed by atoms with Crippen LogP contribution in [0.4, 0.5) is 13.2 Å². The van der Waals surface area contributed by atoms with Crippen LogP contribution in [0.5, 0.6) is 0 Å². The van der Waals surface area contributed by atoms with Crippen LogP contribution >= 0.6 is 0 Å². The van der Waals surface area contributed by atoms with E-state index in [1.54, 1.807) is 6.20 Å². The van der Waals surface area contributed by atoms with Crippen molar-refractivity contribution >= 4 is 22.9 Å². The van der Waals surface area contributed by atoms with Crippen molar-refractivity contribution in [2.24, 2.45) is 0 Å². The zero-order valence-corrected chi connectivity index (χ0v) is 18.5. The van der Waals surface area contributed by atoms with Crippen LogP contribution in [-0.2, 0) is 11.2 Å². The number of allylic oxidation sites excluding steroid dienone is 1. The fraction of sp³-hybridized carbons (Fsp3) is 0.360. The highest BCUT2D eigenvalue weighted by Crippen LogP contribution is 2.43. The number of carbonyl (C=O) groups excluding carboxylic acids is 1. The summed E-state index contributed by atoms with van der Waals surface area (Å²) in [7, 11) is 0. The van der Waals surface area contributed by atoms with Crippen molar-refractivity contribution in [3.63, 3.8) is 0 Å². The summed E-state index contributed by atoms with van der Waals surface area (Å²) >= 11 is 0. The highest BCUT2D eigenvalue weighted by molar-refractivity contribution is 5.91. The molecule has 0 radical (unpaired) electrons. The lowest BCUT2D eigenvalue weighted by atomic mass is 9.87. The summed E-state index contributed by atoms with van der Waals surface area (Å²) in [5, 5.41) is 0.903. The summed E-state index contributed by atoms with van der Waals surface area (Å²) in [6.07, 6.45) is 4.90. The predicted molar refractivity (Wildman–Crippen MR) is 119 cm³/mol. The molecule has 3 aromatic rings. The highest BCUT2D eigenvalue weighted by atomic mass is 19.1. The van der Waals surface area contributed by atoms with Gasteiger partial charge in [0.25, 0.3) is 0 Å². The highest BCUT2D eigenvalue weighted by Gasteiger charge is 2.41. The molecule has 1 N–H and O–H groups in total. The molecule has 4 rings (SSSR count). The quantitative estimate of drug-likeness (QED) is 0.530. The van der Waals surface area contributed by atoms with Crippen LogP contribution in [-0.4, -0.2) is 38.9 Å². The third-order valence-corrected chi connectivity index (χ3v) is 5.83. The van der Waals surface area contributed by atoms with Gasteiger partial charge in [0.15, 0.2) is 5.78 Å². The van der Waals surface area contributed by atoms with Gasteiger partial charge in [0, 0.05) is 35.4 Å². The van der Waals surface area contributed by atoms with E-state index in [1.165, 1.54) is 45.1 Å². The van der Waals surface area contributed by atoms with Gasteiger partial charge in [-0.05, 0) is 75.6 Å². The third kappa shape index (κ3) is 4.21. The van der Waals surface area contributed by atoms with E-state index in [1.807, 2.05) is 24.0 Å². The number of aromatic amines is 1. The van der Waals surface area contributed by atoms with Crippen LogP contribution in [0.1, 0.15) is 56.1 Å². The molecule has 32 heavy (non-hydrogen) atoms. The standard InChI is InChI=1S/C25H26F3N3O/c1-14-10-18-17-6-5-9-29-24(17)30-22(18)23(31(14)13-25(3,4)28)21-19(26)11-16(12-20(21)27)8-7-15(2)32/h5-9,11-12,14,23H,10,13H2,1-4H3,(H,29,30)/b8-7+/t14?,23-/m1/s1. The third-order valence-electron chi connectivity index (χ3n) is 5.83. The zero-order valence-electron chi connectivity index (χ0n) is 18.5. The molecule has 0 amide bonds. The van der Waals surface area contributed by atoms with E-state index in [0.717, 1.165) is 10.9 Å². The van der Waals surface area contributed by atoms with E-state index in [2.05, 4.69) is 9.97 Å². The fourth-order valence-corrected chi connectivity index (χ4v) is 4.55. The first-order chi connectivity index (χ1) is 15.0. The van der Waals surface area contributed by atoms with Gasteiger partial charge in [-0.25, -0.2) is 18.2 Å². The van der Waals surface area contributed by atoms with Gasteiger partial charge in [0.2, 0.25) is 0 Å². The molecule has 1 aromatic carbocycles. The lowest BCUT2D eigenvalue weighted by molar-refractivity contribution is -0.112. The average molecular weight is 441 g/mol. The van der Waals surface area contributed by atoms with Gasteiger partial charge >= 0.3 is 0 Å². The van der Waals surface area contributed by atoms with E-state index in [9.17, 15) is 9.18 Å². The van der Waals surface area contributed by atoms with Crippen LogP contribution in [0.3, 0.4) is 0 Å². The molecule has 2 atom stereocenters. The topological polar surface area (TPSA) is 49.0 Å². The van der Waals surface area contributed by atoms with E-state index in [-0.39, 0.29) is 29.5 Å². The minimum atomic E-state index is -1.56. The number of alkyl halides is 1. The lowest BCUT2D eigenvalue weighted by Gasteiger charge is -2.43. The van der Waals surface area contributed by atoms with Crippen molar-refractivity contribution in [1.82, 2.24) is 14.9 Å². The lowest BCUT2D eigenvalue weighted by Crippen LogP contribution is -2.48. The second-order valence-corrected chi connectivity index (χ2v) is 9.11. The summed E-state index contributed by atoms with van der Waals surface area (Å²) in [6.45, 7) is 6.23. The van der Waals surface area contributed by atoms with Crippen LogP contribution in [0.2, 0.25) is 0 Å². The van der Waals surface area contributed by atoms with Crippen molar-refractivity contribution in [2.45, 2.75) is 51.9 Å². The maximum absolute atomic E-state index is 15.4. The Morgan fingerprint density at radius 2 is 2.00 bits per heavy atom. The van der Waals surface area contributed by atoms with Gasteiger partial charge < -0.3 is 4.98 Å². The molecule has 0 spiro atoms. The molecule has 3 heterocycles. The predicted octanol–water partition coefficient (Wildman–Crippen LogP) is 5.53. The Morgan fingerprint density at radius 3 is 2.62 bits per heavy atom. The maximum Gasteiger partial charge on any atom is 0.152 e. The molecule has 2 aromatic heterocycles. The van der Waals surface area contributed by atoms with Gasteiger partial charge in [-0.1, -0.05) is 6.08 Å². The molecule has 1 aliphatic rings. The average Bonchev–Trinajstić information content (AvgIpc) is 3.05. The molecule has 0 saturated carbocycles. The van der Waals surface area contributed by atoms with Gasteiger partial charge in [-0.2, -0.15) is 0 Å². The molecular formula is C25H26F3N3O. The Bertz CT molecular complexity index is 1190. The number of fused-ring (bicyclic) bond motifs is 3. The second kappa shape index (κ2) is 8.20. The number of halogens is 3. The Kier molecular flexibility index (Phi) is 5.71. The van der Waals surface area contributed by atoms with E-state index < -0.39 is 23.3 Å². The fourth-order valence-electron chi connectivity index (χ4n) is 4.55. The Labute approximate surface area is 185 Å². The first-order valence-electron chi connectivity index (χ1n) is 10.6. The number of carbonyl (C=O) groups is 1. The number of nitrogens with zero attached hydrogens (tertiary/aromatic N) is 2. The summed E-state index contributed by atoms with van der Waals surface area (Å²) in [6, 6.07) is 5.16. The molecule has 168 valence electrons. The van der Waals surface area contributed by atoms with Crippen molar-refractivity contribution in [3.05, 3.63) is 70.6 Å². The van der Waals surface area contributed by atoms with Gasteiger partial charge in [-0.15, -0.1) is 0 Å². The van der Waals surface area contributed by atoms with Crippen molar-refractivity contribution in [2.75, 3.05) is 6.54 Å². The Balaban J connectivity index is 1.92. The molecule has 0 saturated heterocycles. The first-order valence-corrected chi connectivity index (χ1v) is 10.6. The summed E-state index contributed by atoms with van der Waals surface area (Å²) in [4.78, 5) is 20.6. The summed E-state index contributed by atoms with van der Waals surface area (Å²) in [5.41, 5.74) is 0.750. The van der Waals surface area contributed by atoms with E-state index in [0.29, 0.717) is 17.8 Å². The molecule has 0 aliphatic carbocycles. The van der Waals surface area contributed by atoms with Crippen LogP contribution < -0.4 is 0 Å². The molecule has 1 aliphatic heterocycles. The molecular weight excluding hydrogens is 415 g/mol. The number of ketones is 1. The number of pyridine rings is 1. The van der Waals surface area contributed by atoms with Gasteiger partial charge in [0.05, 0.1) is 6.04 Å². The van der Waals surface area contributed by atoms with Crippen LogP contribution in [0, 0.1) is 11.6 Å². The maximum atomic E-state index is 15.4. The molecule has 4 nitrogen and oxygen atoms in total. The molecule has 0 bridgehead atoms. The number of nitrogens with one attached hydrogen (secondary N) is 1. The molecule has 1 unspecified atom stereocenters. The molecule has 0 fully saturated rings. The number of H-pyrrole nitrogens is 1. The van der Waals surface area contributed by atoms with E-state index >= 15 is 8.78 Å². The normalized spacial score (nSPS) is 19.6. The number of rotatable bonds is 5. The van der Waals surface area contributed by atoms with Crippen molar-refractivity contribution < 1.29 is 18.0 Å². The number of benzene rings is 1. The first kappa shape index (κ1) is 22.3. The summed E-state index contributed by atoms with van der Waals surface area (Å²) in [5.74, 6) is -1.71. The molecule has 7 heteroatoms. The van der Waals surface area contributed by atoms with E-state index in [4.69, 9.17) is 0 Å². The number of hydrogen-bond donors (Lipinski definition) is 1.